The molecule has 684 valence electrons. The fourth-order valence-corrected chi connectivity index (χ4v) is 19.7. The van der Waals surface area contributed by atoms with E-state index in [9.17, 15) is 63.3 Å². The number of halogens is 1. The predicted molar refractivity (Wildman–Crippen MR) is 476 cm³/mol. The summed E-state index contributed by atoms with van der Waals surface area (Å²) in [6.45, 7) is 7.93. The summed E-state index contributed by atoms with van der Waals surface area (Å²) in [4.78, 5) is 193. The predicted octanol–water partition coefficient (Wildman–Crippen LogP) is 3.85. The zero-order valence-corrected chi connectivity index (χ0v) is 75.5. The topological polar surface area (TPSA) is 521 Å². The molecule has 5 aliphatic rings. The number of H-pyrrole nitrogens is 1. The van der Waals surface area contributed by atoms with Crippen LogP contribution in [0.3, 0.4) is 0 Å². The number of benzene rings is 4. The van der Waals surface area contributed by atoms with Crippen molar-refractivity contribution in [2.24, 2.45) is 11.5 Å². The van der Waals surface area contributed by atoms with E-state index in [4.69, 9.17) is 51.5 Å². The van der Waals surface area contributed by atoms with Crippen molar-refractivity contribution in [3.8, 4) is 11.5 Å². The number of rotatable bonds is 28. The SMILES string of the molecule is COC(=O)N[C@H](Cc1ccccc1)C(=O)N[C@H]1CSSC[C@@H](C(=O)N[C@@H](CSSCCC(=O)N(C)[C@@H](C)C(=O)O[C@H]2CC(=O)N(C)c3cc(cc(OC)c3Cl)C/C(C)=C/C=C/[C@@H](OC)[C@@]3(O)C[C@H](OC(=O)N3)C3(C)C[C@@]2(C)O3)C(N)=O)NC(=O)[C@H]([C@@H](C)O)NC(=O)[C@H](CCCCN)NC(=O)[C@@H](Cc2c[nH]c3ccccc23)NC(=O)[C@H](Cc2ccc(O)cc2)NC1=O. The Bertz CT molecular complexity index is 4800. The number of esters is 1. The van der Waals surface area contributed by atoms with Gasteiger partial charge in [0.2, 0.25) is 59.1 Å². The van der Waals surface area contributed by atoms with E-state index in [1.807, 2.05) is 6.92 Å². The van der Waals surface area contributed by atoms with Crippen LogP contribution in [0.2, 0.25) is 5.02 Å². The molecule has 16 atom stereocenters. The summed E-state index contributed by atoms with van der Waals surface area (Å²) in [5.41, 5.74) is 11.1. The number of ether oxygens (including phenoxy) is 6. The smallest absolute Gasteiger partial charge is 0.409 e. The Kier molecular flexibility index (Phi) is 36.3. The van der Waals surface area contributed by atoms with Gasteiger partial charge < -0.3 is 113 Å². The molecule has 5 aliphatic heterocycles. The number of likely N-dealkylation sites (N-methyl/N-ethyl adjacent to an activating group) is 1. The molecule has 6 bridgehead atoms. The van der Waals surface area contributed by atoms with E-state index in [0.717, 1.165) is 60.8 Å². The lowest BCUT2D eigenvalue weighted by Gasteiger charge is -2.59. The lowest BCUT2D eigenvalue weighted by Crippen LogP contribution is -2.72. The fraction of sp³-hybridized carbons (Fsp3) is 0.494. The number of phenolic OH excluding ortho intramolecular Hbond substituents is 1. The first-order valence-electron chi connectivity index (χ1n) is 40.8. The van der Waals surface area contributed by atoms with Crippen molar-refractivity contribution in [2.45, 2.75) is 201 Å². The minimum atomic E-state index is -1.99. The summed E-state index contributed by atoms with van der Waals surface area (Å²) in [7, 11) is 10.6. The first-order valence-corrected chi connectivity index (χ1v) is 46.1. The number of alkyl carbamates (subject to hydrolysis) is 2. The first-order chi connectivity index (χ1) is 59.9. The lowest BCUT2D eigenvalue weighted by molar-refractivity contribution is -0.328. The third kappa shape index (κ3) is 26.9. The number of aliphatic hydroxyl groups is 2. The van der Waals surface area contributed by atoms with Gasteiger partial charge in [-0.3, -0.25) is 53.3 Å². The van der Waals surface area contributed by atoms with Gasteiger partial charge in [-0.25, -0.2) is 14.4 Å². The molecular formula is C85H111ClN14O22S4. The second kappa shape index (κ2) is 45.9. The molecule has 0 saturated carbocycles. The number of carbonyl (C=O) groups excluding carboxylic acids is 13. The zero-order valence-electron chi connectivity index (χ0n) is 71.4. The Labute approximate surface area is 750 Å². The quantitative estimate of drug-likeness (QED) is 0.0146. The molecule has 17 N–H and O–H groups in total. The van der Waals surface area contributed by atoms with Crippen molar-refractivity contribution in [1.29, 1.82) is 0 Å². The molecule has 5 aromatic rings. The number of primary amides is 1. The fourth-order valence-electron chi connectivity index (χ4n) is 14.9. The van der Waals surface area contributed by atoms with E-state index in [2.05, 4.69) is 52.8 Å². The number of hydrogen-bond donors (Lipinski definition) is 15. The van der Waals surface area contributed by atoms with Crippen LogP contribution in [0.25, 0.3) is 10.9 Å². The minimum Gasteiger partial charge on any atom is -0.508 e. The molecule has 6 heterocycles. The van der Waals surface area contributed by atoms with Crippen molar-refractivity contribution in [3.63, 3.8) is 0 Å². The van der Waals surface area contributed by atoms with Crippen LogP contribution in [0.1, 0.15) is 102 Å². The summed E-state index contributed by atoms with van der Waals surface area (Å²) in [6.07, 6.45) is -1.06. The lowest BCUT2D eigenvalue weighted by atomic mass is 9.72. The van der Waals surface area contributed by atoms with Crippen molar-refractivity contribution in [3.05, 3.63) is 148 Å². The van der Waals surface area contributed by atoms with Gasteiger partial charge >= 0.3 is 18.2 Å². The number of phenols is 1. The zero-order chi connectivity index (χ0) is 91.9. The van der Waals surface area contributed by atoms with Crippen LogP contribution in [-0.4, -0.2) is 263 Å². The molecule has 36 nitrogen and oxygen atoms in total. The van der Waals surface area contributed by atoms with Gasteiger partial charge in [0, 0.05) is 99.8 Å². The number of allylic oxidation sites excluding steroid dienone is 3. The Morgan fingerprint density at radius 3 is 2.14 bits per heavy atom. The van der Waals surface area contributed by atoms with E-state index >= 15 is 14.4 Å². The molecule has 1 unspecified atom stereocenters. The maximum absolute atomic E-state index is 15.2. The van der Waals surface area contributed by atoms with Crippen LogP contribution in [0.5, 0.6) is 11.5 Å². The molecule has 41 heteroatoms. The van der Waals surface area contributed by atoms with E-state index < -0.39 is 185 Å². The second-order valence-electron chi connectivity index (χ2n) is 31.7. The van der Waals surface area contributed by atoms with Crippen LogP contribution in [0.4, 0.5) is 15.3 Å². The number of carbonyl (C=O) groups is 13. The number of hydrogen-bond acceptors (Lipinski definition) is 27. The first kappa shape index (κ1) is 99.5. The molecule has 12 amide bonds. The number of aliphatic hydroxyl groups excluding tert-OH is 1. The average Bonchev–Trinajstić information content (AvgIpc) is 0.864. The normalized spacial score (nSPS) is 25.9. The van der Waals surface area contributed by atoms with Gasteiger partial charge in [0.15, 0.2) is 5.72 Å². The summed E-state index contributed by atoms with van der Waals surface area (Å²) >= 11 is 6.89. The minimum absolute atomic E-state index is 0.0141. The van der Waals surface area contributed by atoms with Crippen LogP contribution in [-0.2, 0) is 102 Å². The largest absolute Gasteiger partial charge is 0.508 e. The number of nitrogens with zero attached hydrogens (tertiary/aromatic N) is 2. The number of aromatic nitrogens is 1. The average molecular weight is 1840 g/mol. The summed E-state index contributed by atoms with van der Waals surface area (Å²) < 4.78 is 34.8. The number of aromatic amines is 1. The molecule has 126 heavy (non-hydrogen) atoms. The number of para-hydroxylation sites is 1. The van der Waals surface area contributed by atoms with Gasteiger partial charge in [-0.2, -0.15) is 0 Å². The van der Waals surface area contributed by atoms with Crippen molar-refractivity contribution >= 4 is 149 Å². The Morgan fingerprint density at radius 2 is 1.47 bits per heavy atom. The number of unbranched alkanes of at least 4 members (excludes halogenated alkanes) is 1. The van der Waals surface area contributed by atoms with Gasteiger partial charge in [0.05, 0.1) is 32.4 Å². The van der Waals surface area contributed by atoms with E-state index in [0.29, 0.717) is 46.0 Å². The third-order valence-electron chi connectivity index (χ3n) is 22.1. The summed E-state index contributed by atoms with van der Waals surface area (Å²) in [5.74, 6) is -10.7. The number of fused-ring (bicyclic) bond motifs is 7. The highest BCUT2D eigenvalue weighted by molar-refractivity contribution is 8.77. The number of nitrogens with two attached hydrogens (primary N) is 2. The molecular weight excluding hydrogens is 1730 g/mol. The standard InChI is InChI=1S/C85H111ClN14O22S4/c1-46-19-18-25-65(118-9)85(116)40-67(121-82(115)98-85)84(5)45-83(4,122-84)66(39-69(104)100(7)63-36-51(33-46)37-64(117-8)70(63)86)120-80(113)47(2)99(6)68(103)30-32-123-124-42-60(72(88)105)93-78(111)62-44-126-125-43-61(94-75(108)58(96-81(114)119-10)34-49-20-12-11-13-21-49)77(110)91-57(35-50-26-28-53(102)29-27-50)74(107)92-59(38-52-41-89-55-23-15-14-22-54(52)55)76(109)90-56(24-16-17-31-87)73(106)97-71(48(3)101)79(112)95-62/h11-15,18-23,25-29,36-37,41,47-48,56-62,65-67,71,89,101-102,116H,16-17,24,30-35,38-40,42-45,87H2,1-10H3,(H2,88,105)(H,90,109)(H,91,110)(H,92,107)(H,93,111)(H,94,108)(H,95,112)(H,96,114)(H,97,106)(H,98,115)/b25-18+,46-19+/t47-,48+,56-,57-,58+,59+,60-,61-,62-,65+,66-,67-,71-,83+,84?,85-/m0/s1. The van der Waals surface area contributed by atoms with Gasteiger partial charge in [-0.1, -0.05) is 139 Å². The second-order valence-corrected chi connectivity index (χ2v) is 37.3. The molecule has 0 aliphatic carbocycles. The molecule has 10 rings (SSSR count). The highest BCUT2D eigenvalue weighted by Crippen LogP contribution is 2.51. The van der Waals surface area contributed by atoms with Crippen molar-refractivity contribution in [2.75, 3.05) is 69.9 Å². The van der Waals surface area contributed by atoms with Crippen LogP contribution in [0, 0.1) is 0 Å². The maximum Gasteiger partial charge on any atom is 0.409 e. The molecule has 1 aromatic heterocycles. The highest BCUT2D eigenvalue weighted by Gasteiger charge is 2.63. The Hall–Kier alpha value is -10.3. The molecule has 3 saturated heterocycles. The van der Waals surface area contributed by atoms with Gasteiger partial charge in [0.25, 0.3) is 0 Å². The van der Waals surface area contributed by atoms with Crippen LogP contribution in [0.15, 0.2) is 121 Å². The number of nitrogens with one attached hydrogen (secondary N) is 10. The van der Waals surface area contributed by atoms with Crippen LogP contribution >= 0.6 is 54.8 Å². The number of anilines is 1. The highest BCUT2D eigenvalue weighted by atomic mass is 35.5. The molecule has 0 spiro atoms. The Morgan fingerprint density at radius 1 is 0.802 bits per heavy atom. The molecule has 4 aromatic carbocycles. The maximum atomic E-state index is 15.2. The Balaban J connectivity index is 0.929. The van der Waals surface area contributed by atoms with Gasteiger partial charge in [0.1, 0.15) is 100 Å². The third-order valence-corrected chi connectivity index (χ3v) is 27.3. The molecule has 3 fully saturated rings. The van der Waals surface area contributed by atoms with E-state index in [1.54, 1.807) is 105 Å². The van der Waals surface area contributed by atoms with Crippen molar-refractivity contribution in [1.82, 2.24) is 57.7 Å². The summed E-state index contributed by atoms with van der Waals surface area (Å²) in [5, 5.41) is 58.1. The van der Waals surface area contributed by atoms with E-state index in [1.165, 1.54) is 71.3 Å². The van der Waals surface area contributed by atoms with Crippen molar-refractivity contribution < 1.29 is 106 Å². The summed E-state index contributed by atoms with van der Waals surface area (Å²) in [6, 6.07) is 11.1. The molecule has 0 radical (unpaired) electrons. The van der Waals surface area contributed by atoms with E-state index in [-0.39, 0.29) is 97.4 Å². The van der Waals surface area contributed by atoms with Gasteiger partial charge in [-0.05, 0) is 119 Å². The van der Waals surface area contributed by atoms with Crippen LogP contribution < -0.4 is 69.0 Å². The number of methoxy groups -OCH3 is 3. The number of amides is 12. The van der Waals surface area contributed by atoms with Gasteiger partial charge in [-0.15, -0.1) is 0 Å². The monoisotopic (exact) mass is 1840 g/mol. The number of aromatic hydroxyl groups is 1.